The summed E-state index contributed by atoms with van der Waals surface area (Å²) in [7, 11) is 0. The molecule has 0 saturated heterocycles. The third-order valence-electron chi connectivity index (χ3n) is 4.74. The summed E-state index contributed by atoms with van der Waals surface area (Å²) in [6.45, 7) is 6.04. The zero-order chi connectivity index (χ0) is 19.4. The van der Waals surface area contributed by atoms with Crippen molar-refractivity contribution < 1.29 is 19.1 Å². The van der Waals surface area contributed by atoms with Crippen molar-refractivity contribution in [1.82, 2.24) is 0 Å². The minimum atomic E-state index is -0.362. The molecule has 1 atom stereocenters. The summed E-state index contributed by atoms with van der Waals surface area (Å²) < 4.78 is 10.9. The number of anilines is 1. The maximum Gasteiger partial charge on any atom is 0.341 e. The van der Waals surface area contributed by atoms with E-state index in [4.69, 9.17) is 9.47 Å². The fourth-order valence-electron chi connectivity index (χ4n) is 3.43. The van der Waals surface area contributed by atoms with Crippen LogP contribution in [0, 0.1) is 6.92 Å². The summed E-state index contributed by atoms with van der Waals surface area (Å²) in [6.07, 6.45) is 3.08. The zero-order valence-corrected chi connectivity index (χ0v) is 16.8. The molecule has 1 unspecified atom stereocenters. The van der Waals surface area contributed by atoms with Gasteiger partial charge in [0.2, 0.25) is 0 Å². The number of benzene rings is 1. The van der Waals surface area contributed by atoms with E-state index < -0.39 is 0 Å². The van der Waals surface area contributed by atoms with Crippen molar-refractivity contribution in [3.8, 4) is 5.75 Å². The fourth-order valence-corrected chi connectivity index (χ4v) is 4.80. The van der Waals surface area contributed by atoms with Crippen LogP contribution >= 0.6 is 11.3 Å². The molecule has 2 aromatic rings. The standard InChI is InChI=1S/C21H25NO4S/c1-4-25-21(24)19-18-14(3)9-7-11-16(18)27-20(19)22-17(23)12-26-15-10-6-5-8-13(15)2/h5-6,8,10,14H,4,7,9,11-12H2,1-3H3,(H,22,23). The maximum atomic E-state index is 12.6. The number of amides is 1. The quantitative estimate of drug-likeness (QED) is 0.730. The predicted molar refractivity (Wildman–Crippen MR) is 107 cm³/mol. The predicted octanol–water partition coefficient (Wildman–Crippen LogP) is 4.69. The van der Waals surface area contributed by atoms with Crippen molar-refractivity contribution in [2.45, 2.75) is 46.0 Å². The number of fused-ring (bicyclic) bond motifs is 1. The minimum Gasteiger partial charge on any atom is -0.483 e. The highest BCUT2D eigenvalue weighted by Gasteiger charge is 2.30. The Morgan fingerprint density at radius 3 is 2.81 bits per heavy atom. The van der Waals surface area contributed by atoms with Crippen LogP contribution < -0.4 is 10.1 Å². The molecule has 6 heteroatoms. The number of carbonyl (C=O) groups excluding carboxylic acids is 2. The second kappa shape index (κ2) is 8.57. The van der Waals surface area contributed by atoms with E-state index in [-0.39, 0.29) is 18.5 Å². The number of ether oxygens (including phenoxy) is 2. The second-order valence-electron chi connectivity index (χ2n) is 6.76. The molecule has 0 fully saturated rings. The lowest BCUT2D eigenvalue weighted by molar-refractivity contribution is -0.118. The van der Waals surface area contributed by atoms with Crippen LogP contribution in [-0.4, -0.2) is 25.1 Å². The molecule has 3 rings (SSSR count). The molecule has 144 valence electrons. The van der Waals surface area contributed by atoms with E-state index in [0.29, 0.717) is 28.8 Å². The third kappa shape index (κ3) is 4.33. The topological polar surface area (TPSA) is 64.6 Å². The molecular formula is C21H25NO4S. The first kappa shape index (κ1) is 19.4. The summed E-state index contributed by atoms with van der Waals surface area (Å²) in [5, 5.41) is 3.45. The molecular weight excluding hydrogens is 362 g/mol. The molecule has 1 aromatic heterocycles. The number of para-hydroxylation sites is 1. The monoisotopic (exact) mass is 387 g/mol. The highest BCUT2D eigenvalue weighted by molar-refractivity contribution is 7.17. The molecule has 1 heterocycles. The molecule has 1 aliphatic carbocycles. The summed E-state index contributed by atoms with van der Waals surface area (Å²) >= 11 is 1.48. The summed E-state index contributed by atoms with van der Waals surface area (Å²) in [5.74, 6) is 0.324. The summed E-state index contributed by atoms with van der Waals surface area (Å²) in [5.41, 5.74) is 2.53. The van der Waals surface area contributed by atoms with Gasteiger partial charge >= 0.3 is 5.97 Å². The highest BCUT2D eigenvalue weighted by atomic mass is 32.1. The van der Waals surface area contributed by atoms with Crippen LogP contribution in [0.25, 0.3) is 0 Å². The molecule has 0 spiro atoms. The maximum absolute atomic E-state index is 12.6. The first-order valence-corrected chi connectivity index (χ1v) is 10.1. The number of hydrogen-bond acceptors (Lipinski definition) is 5. The third-order valence-corrected chi connectivity index (χ3v) is 5.92. The molecule has 5 nitrogen and oxygen atoms in total. The minimum absolute atomic E-state index is 0.106. The molecule has 1 aromatic carbocycles. The van der Waals surface area contributed by atoms with Crippen molar-refractivity contribution in [3.05, 3.63) is 45.8 Å². The Balaban J connectivity index is 1.78. The van der Waals surface area contributed by atoms with Gasteiger partial charge in [-0.3, -0.25) is 4.79 Å². The Labute approximate surface area is 163 Å². The fraction of sp³-hybridized carbons (Fsp3) is 0.429. The van der Waals surface area contributed by atoms with Gasteiger partial charge in [0.15, 0.2) is 6.61 Å². The Kier molecular flexibility index (Phi) is 6.16. The van der Waals surface area contributed by atoms with E-state index in [9.17, 15) is 9.59 Å². The van der Waals surface area contributed by atoms with Crippen LogP contribution in [0.1, 0.15) is 59.0 Å². The zero-order valence-electron chi connectivity index (χ0n) is 16.0. The lowest BCUT2D eigenvalue weighted by atomic mass is 9.86. The molecule has 0 bridgehead atoms. The lowest BCUT2D eigenvalue weighted by Gasteiger charge is -2.19. The van der Waals surface area contributed by atoms with Gasteiger partial charge in [-0.05, 0) is 56.2 Å². The number of carbonyl (C=O) groups is 2. The van der Waals surface area contributed by atoms with Crippen molar-refractivity contribution >= 4 is 28.2 Å². The number of esters is 1. The van der Waals surface area contributed by atoms with Gasteiger partial charge in [-0.1, -0.05) is 25.1 Å². The van der Waals surface area contributed by atoms with Crippen molar-refractivity contribution in [2.75, 3.05) is 18.5 Å². The summed E-state index contributed by atoms with van der Waals surface area (Å²) in [4.78, 5) is 26.2. The largest absolute Gasteiger partial charge is 0.483 e. The number of thiophene rings is 1. The molecule has 1 amide bonds. The Hall–Kier alpha value is -2.34. The Morgan fingerprint density at radius 2 is 2.07 bits per heavy atom. The van der Waals surface area contributed by atoms with Crippen LogP contribution in [0.5, 0.6) is 5.75 Å². The molecule has 27 heavy (non-hydrogen) atoms. The van der Waals surface area contributed by atoms with Gasteiger partial charge in [0.1, 0.15) is 10.8 Å². The number of rotatable bonds is 6. The molecule has 0 aliphatic heterocycles. The van der Waals surface area contributed by atoms with Crippen molar-refractivity contribution in [3.63, 3.8) is 0 Å². The molecule has 1 aliphatic rings. The first-order chi connectivity index (χ1) is 13.0. The van der Waals surface area contributed by atoms with E-state index in [1.807, 2.05) is 31.2 Å². The second-order valence-corrected chi connectivity index (χ2v) is 7.86. The van der Waals surface area contributed by atoms with E-state index in [2.05, 4.69) is 12.2 Å². The number of hydrogen-bond donors (Lipinski definition) is 1. The van der Waals surface area contributed by atoms with E-state index in [0.717, 1.165) is 30.4 Å². The van der Waals surface area contributed by atoms with Crippen LogP contribution in [-0.2, 0) is 16.0 Å². The number of aryl methyl sites for hydroxylation is 2. The van der Waals surface area contributed by atoms with Gasteiger partial charge < -0.3 is 14.8 Å². The van der Waals surface area contributed by atoms with Gasteiger partial charge in [0.05, 0.1) is 12.2 Å². The van der Waals surface area contributed by atoms with Crippen molar-refractivity contribution in [1.29, 1.82) is 0 Å². The highest BCUT2D eigenvalue weighted by Crippen LogP contribution is 2.43. The SMILES string of the molecule is CCOC(=O)c1c(NC(=O)COc2ccccc2C)sc2c1C(C)CCC2. The van der Waals surface area contributed by atoms with E-state index in [1.165, 1.54) is 16.2 Å². The normalized spacial score (nSPS) is 15.7. The van der Waals surface area contributed by atoms with Crippen LogP contribution in [0.3, 0.4) is 0 Å². The van der Waals surface area contributed by atoms with Crippen LogP contribution in [0.4, 0.5) is 5.00 Å². The van der Waals surface area contributed by atoms with E-state index in [1.54, 1.807) is 6.92 Å². The molecule has 0 radical (unpaired) electrons. The Morgan fingerprint density at radius 1 is 1.30 bits per heavy atom. The molecule has 1 N–H and O–H groups in total. The van der Waals surface area contributed by atoms with Gasteiger partial charge in [-0.15, -0.1) is 11.3 Å². The van der Waals surface area contributed by atoms with Crippen LogP contribution in [0.15, 0.2) is 24.3 Å². The molecule has 0 saturated carbocycles. The smallest absolute Gasteiger partial charge is 0.341 e. The van der Waals surface area contributed by atoms with Gasteiger partial charge in [-0.2, -0.15) is 0 Å². The summed E-state index contributed by atoms with van der Waals surface area (Å²) in [6, 6.07) is 7.55. The Bertz CT molecular complexity index is 843. The average Bonchev–Trinajstić information content (AvgIpc) is 3.00. The number of nitrogens with one attached hydrogen (secondary N) is 1. The van der Waals surface area contributed by atoms with E-state index >= 15 is 0 Å². The van der Waals surface area contributed by atoms with Gasteiger partial charge in [0, 0.05) is 4.88 Å². The van der Waals surface area contributed by atoms with Crippen molar-refractivity contribution in [2.24, 2.45) is 0 Å². The van der Waals surface area contributed by atoms with Gasteiger partial charge in [0.25, 0.3) is 5.91 Å². The van der Waals surface area contributed by atoms with Crippen LogP contribution in [0.2, 0.25) is 0 Å². The average molecular weight is 388 g/mol. The lowest BCUT2D eigenvalue weighted by Crippen LogP contribution is -2.21. The van der Waals surface area contributed by atoms with Gasteiger partial charge in [-0.25, -0.2) is 4.79 Å². The first-order valence-electron chi connectivity index (χ1n) is 9.32.